The van der Waals surface area contributed by atoms with Crippen LogP contribution in [0, 0.1) is 0 Å². The predicted octanol–water partition coefficient (Wildman–Crippen LogP) is 1.78. The number of nitrogens with one attached hydrogen (secondary N) is 1. The number of aromatic nitrogens is 3. The number of nitrogens with zero attached hydrogens (tertiary/aromatic N) is 6. The lowest BCUT2D eigenvalue weighted by molar-refractivity contribution is -0.121. The van der Waals surface area contributed by atoms with Crippen molar-refractivity contribution in [3.05, 3.63) is 60.9 Å². The van der Waals surface area contributed by atoms with Gasteiger partial charge in [-0.1, -0.05) is 0 Å². The van der Waals surface area contributed by atoms with Crippen molar-refractivity contribution in [3.63, 3.8) is 0 Å². The van der Waals surface area contributed by atoms with Gasteiger partial charge in [-0.2, -0.15) is 4.31 Å². The molecule has 0 aliphatic carbocycles. The first-order valence-electron chi connectivity index (χ1n) is 11.1. The molecule has 12 heteroatoms. The number of carbonyl (C=O) groups excluding carboxylic acids is 2. The van der Waals surface area contributed by atoms with Crippen molar-refractivity contribution < 1.29 is 18.0 Å². The number of amides is 2. The number of imide groups is 1. The van der Waals surface area contributed by atoms with Crippen molar-refractivity contribution >= 4 is 44.8 Å². The van der Waals surface area contributed by atoms with Gasteiger partial charge in [0.2, 0.25) is 21.8 Å². The SMILES string of the molecule is O=C1CCC(=O)N1c1ccc(S(=O)(=O)N2CCN(c3ccc(Nc4cccnc4)nn3)CC2)cc1. The summed E-state index contributed by atoms with van der Waals surface area (Å²) in [6.07, 6.45) is 3.73. The highest BCUT2D eigenvalue weighted by Crippen LogP contribution is 2.26. The summed E-state index contributed by atoms with van der Waals surface area (Å²) in [7, 11) is -3.71. The van der Waals surface area contributed by atoms with E-state index in [4.69, 9.17) is 0 Å². The van der Waals surface area contributed by atoms with E-state index in [1.807, 2.05) is 29.2 Å². The summed E-state index contributed by atoms with van der Waals surface area (Å²) in [5, 5.41) is 11.6. The number of hydrogen-bond donors (Lipinski definition) is 1. The second-order valence-corrected chi connectivity index (χ2v) is 10.1. The fraction of sp³-hybridized carbons (Fsp3) is 0.261. The number of benzene rings is 1. The Bertz CT molecular complexity index is 1310. The number of hydrogen-bond acceptors (Lipinski definition) is 9. The van der Waals surface area contributed by atoms with Gasteiger partial charge in [-0.05, 0) is 48.5 Å². The van der Waals surface area contributed by atoms with E-state index in [2.05, 4.69) is 20.5 Å². The Labute approximate surface area is 202 Å². The monoisotopic (exact) mass is 493 g/mol. The van der Waals surface area contributed by atoms with E-state index in [0.29, 0.717) is 43.5 Å². The quantitative estimate of drug-likeness (QED) is 0.511. The van der Waals surface area contributed by atoms with Gasteiger partial charge in [0.1, 0.15) is 0 Å². The standard InChI is InChI=1S/C23H23N7O4S/c31-22-9-10-23(32)30(22)18-3-5-19(6-4-18)35(33,34)29-14-12-28(13-15-29)21-8-7-20(26-27-21)25-17-2-1-11-24-16-17/h1-8,11,16H,9-10,12-15H2,(H,25,26). The van der Waals surface area contributed by atoms with Crippen LogP contribution in [0.3, 0.4) is 0 Å². The van der Waals surface area contributed by atoms with Gasteiger partial charge >= 0.3 is 0 Å². The van der Waals surface area contributed by atoms with E-state index in [1.165, 1.54) is 28.6 Å². The van der Waals surface area contributed by atoms with Gasteiger partial charge in [0.15, 0.2) is 11.6 Å². The lowest BCUT2D eigenvalue weighted by Gasteiger charge is -2.34. The lowest BCUT2D eigenvalue weighted by atomic mass is 10.3. The van der Waals surface area contributed by atoms with Crippen LogP contribution in [0.25, 0.3) is 0 Å². The molecule has 0 saturated carbocycles. The second-order valence-electron chi connectivity index (χ2n) is 8.15. The van der Waals surface area contributed by atoms with Crippen LogP contribution in [0.1, 0.15) is 12.8 Å². The second kappa shape index (κ2) is 9.39. The van der Waals surface area contributed by atoms with Crippen LogP contribution in [0.15, 0.2) is 65.8 Å². The molecule has 2 aliphatic heterocycles. The Morgan fingerprint density at radius 1 is 0.829 bits per heavy atom. The Balaban J connectivity index is 1.21. The lowest BCUT2D eigenvalue weighted by Crippen LogP contribution is -2.49. The minimum Gasteiger partial charge on any atom is -0.352 e. The fourth-order valence-corrected chi connectivity index (χ4v) is 5.51. The third kappa shape index (κ3) is 4.70. The Morgan fingerprint density at radius 3 is 2.14 bits per heavy atom. The molecule has 0 spiro atoms. The normalized spacial score (nSPS) is 17.1. The van der Waals surface area contributed by atoms with Crippen molar-refractivity contribution in [1.29, 1.82) is 0 Å². The van der Waals surface area contributed by atoms with E-state index < -0.39 is 10.0 Å². The highest BCUT2D eigenvalue weighted by molar-refractivity contribution is 7.89. The van der Waals surface area contributed by atoms with Gasteiger partial charge in [0.25, 0.3) is 0 Å². The number of anilines is 4. The van der Waals surface area contributed by atoms with Crippen LogP contribution in [-0.2, 0) is 19.6 Å². The molecule has 2 aromatic heterocycles. The number of sulfonamides is 1. The van der Waals surface area contributed by atoms with Gasteiger partial charge < -0.3 is 10.2 Å². The summed E-state index contributed by atoms with van der Waals surface area (Å²) in [6, 6.07) is 13.2. The third-order valence-electron chi connectivity index (χ3n) is 5.93. The van der Waals surface area contributed by atoms with E-state index in [-0.39, 0.29) is 29.6 Å². The number of piperazine rings is 1. The van der Waals surface area contributed by atoms with Crippen molar-refractivity contribution in [2.45, 2.75) is 17.7 Å². The minimum absolute atomic E-state index is 0.124. The zero-order chi connectivity index (χ0) is 24.4. The highest BCUT2D eigenvalue weighted by Gasteiger charge is 2.32. The molecule has 0 unspecified atom stereocenters. The zero-order valence-electron chi connectivity index (χ0n) is 18.7. The highest BCUT2D eigenvalue weighted by atomic mass is 32.2. The van der Waals surface area contributed by atoms with E-state index in [1.54, 1.807) is 12.4 Å². The molecule has 2 amide bonds. The average Bonchev–Trinajstić information content (AvgIpc) is 3.23. The molecular weight excluding hydrogens is 470 g/mol. The average molecular weight is 494 g/mol. The molecule has 180 valence electrons. The van der Waals surface area contributed by atoms with Crippen LogP contribution < -0.4 is 15.1 Å². The third-order valence-corrected chi connectivity index (χ3v) is 7.84. The fourth-order valence-electron chi connectivity index (χ4n) is 4.08. The number of carbonyl (C=O) groups is 2. The van der Waals surface area contributed by atoms with Crippen molar-refractivity contribution in [1.82, 2.24) is 19.5 Å². The summed E-state index contributed by atoms with van der Waals surface area (Å²) < 4.78 is 27.7. The molecule has 1 N–H and O–H groups in total. The summed E-state index contributed by atoms with van der Waals surface area (Å²) in [6.45, 7) is 1.53. The first-order valence-corrected chi connectivity index (χ1v) is 12.6. The maximum atomic E-state index is 13.1. The van der Waals surface area contributed by atoms with Gasteiger partial charge in [0, 0.05) is 45.2 Å². The van der Waals surface area contributed by atoms with Crippen LogP contribution >= 0.6 is 0 Å². The molecule has 0 atom stereocenters. The Hall–Kier alpha value is -3.90. The first-order chi connectivity index (χ1) is 16.9. The van der Waals surface area contributed by atoms with Gasteiger partial charge in [-0.15, -0.1) is 10.2 Å². The van der Waals surface area contributed by atoms with Gasteiger partial charge in [-0.3, -0.25) is 19.5 Å². The number of pyridine rings is 1. The zero-order valence-corrected chi connectivity index (χ0v) is 19.6. The molecule has 2 fully saturated rings. The van der Waals surface area contributed by atoms with Crippen molar-refractivity contribution in [3.8, 4) is 0 Å². The summed E-state index contributed by atoms with van der Waals surface area (Å²) in [5.41, 5.74) is 1.20. The van der Waals surface area contributed by atoms with Crippen LogP contribution in [-0.4, -0.2) is 65.9 Å². The molecule has 2 saturated heterocycles. The molecule has 4 heterocycles. The molecule has 3 aromatic rings. The van der Waals surface area contributed by atoms with E-state index >= 15 is 0 Å². The smallest absolute Gasteiger partial charge is 0.243 e. The Kier molecular flexibility index (Phi) is 6.14. The molecule has 35 heavy (non-hydrogen) atoms. The van der Waals surface area contributed by atoms with Crippen molar-refractivity contribution in [2.24, 2.45) is 0 Å². The van der Waals surface area contributed by atoms with E-state index in [9.17, 15) is 18.0 Å². The molecule has 11 nitrogen and oxygen atoms in total. The summed E-state index contributed by atoms with van der Waals surface area (Å²) in [4.78, 5) is 31.1. The molecule has 5 rings (SSSR count). The molecular formula is C23H23N7O4S. The maximum Gasteiger partial charge on any atom is 0.243 e. The van der Waals surface area contributed by atoms with Gasteiger partial charge in [0.05, 0.1) is 22.5 Å². The predicted molar refractivity (Wildman–Crippen MR) is 129 cm³/mol. The van der Waals surface area contributed by atoms with Crippen LogP contribution in [0.4, 0.5) is 23.0 Å². The van der Waals surface area contributed by atoms with Crippen LogP contribution in [0.5, 0.6) is 0 Å². The van der Waals surface area contributed by atoms with E-state index in [0.717, 1.165) is 10.6 Å². The first kappa shape index (κ1) is 22.9. The topological polar surface area (TPSA) is 129 Å². The maximum absolute atomic E-state index is 13.1. The molecule has 0 bridgehead atoms. The summed E-state index contributed by atoms with van der Waals surface area (Å²) in [5.74, 6) is 0.711. The molecule has 2 aliphatic rings. The molecule has 0 radical (unpaired) electrons. The Morgan fingerprint density at radius 2 is 1.54 bits per heavy atom. The minimum atomic E-state index is -3.71. The van der Waals surface area contributed by atoms with Crippen molar-refractivity contribution in [2.75, 3.05) is 41.3 Å². The summed E-state index contributed by atoms with van der Waals surface area (Å²) >= 11 is 0. The number of rotatable bonds is 6. The van der Waals surface area contributed by atoms with Crippen LogP contribution in [0.2, 0.25) is 0 Å². The van der Waals surface area contributed by atoms with Gasteiger partial charge in [-0.25, -0.2) is 8.42 Å². The molecule has 1 aromatic carbocycles. The largest absolute Gasteiger partial charge is 0.352 e.